The van der Waals surface area contributed by atoms with Gasteiger partial charge in [0.1, 0.15) is 11.5 Å². The van der Waals surface area contributed by atoms with Crippen LogP contribution in [0.3, 0.4) is 0 Å². The van der Waals surface area contributed by atoms with E-state index in [0.717, 1.165) is 113 Å². The van der Waals surface area contributed by atoms with E-state index in [1.54, 1.807) is 59.0 Å². The average Bonchev–Trinajstić information content (AvgIpc) is 3.36. The zero-order valence-electron chi connectivity index (χ0n) is 42.7. The molecular formula is C57H75F6NO3P2Si2. The third-order valence-corrected chi connectivity index (χ3v) is 30.1. The Morgan fingerprint density at radius 1 is 0.437 bits per heavy atom. The molecule has 2 atom stereocenters. The van der Waals surface area contributed by atoms with E-state index in [1.165, 1.54) is 34.6 Å². The van der Waals surface area contributed by atoms with Gasteiger partial charge in [-0.2, -0.15) is 0 Å². The fraction of sp³-hybridized carbons (Fsp3) is 0.456. The molecule has 5 aromatic carbocycles. The van der Waals surface area contributed by atoms with Gasteiger partial charge < -0.3 is 9.47 Å². The van der Waals surface area contributed by atoms with Gasteiger partial charge in [-0.1, -0.05) is 256 Å². The van der Waals surface area contributed by atoms with Crippen molar-refractivity contribution in [2.75, 3.05) is 0 Å². The molecule has 0 aromatic heterocycles. The SMILES string of the molecule is CCCC[Si](CCCC)(CCCC)c1ccc(P(c2ccccc2OC(F)(F)F)N(C(=O)c2ccccc2)P(c2ccc([Si](CCCC)(CCCC)CCCC)cc2)c2ccccc2OC(F)(F)F)cc1. The van der Waals surface area contributed by atoms with Crippen LogP contribution in [-0.2, 0) is 0 Å². The van der Waals surface area contributed by atoms with Gasteiger partial charge in [-0.3, -0.25) is 9.24 Å². The topological polar surface area (TPSA) is 38.8 Å². The summed E-state index contributed by atoms with van der Waals surface area (Å²) in [6.45, 7) is 13.3. The predicted octanol–water partition coefficient (Wildman–Crippen LogP) is 16.1. The summed E-state index contributed by atoms with van der Waals surface area (Å²) < 4.78 is 98.6. The normalized spacial score (nSPS) is 13.2. The molecule has 0 aliphatic rings. The Hall–Kier alpha value is -3.96. The van der Waals surface area contributed by atoms with E-state index in [-0.39, 0.29) is 16.2 Å². The first kappa shape index (κ1) is 57.9. The van der Waals surface area contributed by atoms with Crippen molar-refractivity contribution >= 4 is 69.8 Å². The first-order chi connectivity index (χ1) is 34.1. The number of unbranched alkanes of at least 4 members (excludes halogenated alkanes) is 6. The minimum atomic E-state index is -5.09. The van der Waals surface area contributed by atoms with Crippen LogP contribution < -0.4 is 41.1 Å². The molecule has 0 spiro atoms. The molecule has 14 heteroatoms. The Morgan fingerprint density at radius 2 is 0.732 bits per heavy atom. The predicted molar refractivity (Wildman–Crippen MR) is 293 cm³/mol. The summed E-state index contributed by atoms with van der Waals surface area (Å²) in [5.74, 6) is -1.51. The molecular weight excluding hydrogens is 979 g/mol. The molecule has 0 radical (unpaired) electrons. The highest BCUT2D eigenvalue weighted by Gasteiger charge is 2.43. The summed E-state index contributed by atoms with van der Waals surface area (Å²) in [5.41, 5.74) is 0.236. The Morgan fingerprint density at radius 3 is 1.03 bits per heavy atom. The number of halogens is 6. The molecule has 71 heavy (non-hydrogen) atoms. The quantitative estimate of drug-likeness (QED) is 0.0272. The van der Waals surface area contributed by atoms with Gasteiger partial charge in [-0.15, -0.1) is 26.3 Å². The lowest BCUT2D eigenvalue weighted by Gasteiger charge is -2.40. The molecule has 5 rings (SSSR count). The van der Waals surface area contributed by atoms with Crippen molar-refractivity contribution in [3.8, 4) is 11.5 Å². The van der Waals surface area contributed by atoms with E-state index >= 15 is 4.79 Å². The molecule has 386 valence electrons. The second kappa shape index (κ2) is 27.9. The first-order valence-electron chi connectivity index (χ1n) is 26.0. The smallest absolute Gasteiger partial charge is 0.405 e. The van der Waals surface area contributed by atoms with Crippen LogP contribution in [0.25, 0.3) is 0 Å². The van der Waals surface area contributed by atoms with Crippen molar-refractivity contribution in [2.45, 2.75) is 168 Å². The monoisotopic (exact) mass is 1050 g/mol. The van der Waals surface area contributed by atoms with Crippen LogP contribution in [0.4, 0.5) is 26.3 Å². The number of carbonyl (C=O) groups is 1. The largest absolute Gasteiger partial charge is 0.573 e. The second-order valence-corrected chi connectivity index (χ2v) is 32.5. The Bertz CT molecular complexity index is 2170. The van der Waals surface area contributed by atoms with E-state index in [0.29, 0.717) is 10.6 Å². The highest BCUT2D eigenvalue weighted by Crippen LogP contribution is 2.58. The van der Waals surface area contributed by atoms with E-state index in [1.807, 2.05) is 24.3 Å². The minimum Gasteiger partial charge on any atom is -0.405 e. The second-order valence-electron chi connectivity index (χ2n) is 18.9. The van der Waals surface area contributed by atoms with Crippen LogP contribution in [0.15, 0.2) is 127 Å². The fourth-order valence-electron chi connectivity index (χ4n) is 9.97. The van der Waals surface area contributed by atoms with Crippen LogP contribution >= 0.6 is 16.1 Å². The molecule has 1 amide bonds. The molecule has 4 nitrogen and oxygen atoms in total. The number of alkyl halides is 6. The Balaban J connectivity index is 1.91. The minimum absolute atomic E-state index is 0.103. The highest BCUT2D eigenvalue weighted by atomic mass is 31.2. The third kappa shape index (κ3) is 16.0. The first-order valence-corrected chi connectivity index (χ1v) is 33.8. The lowest BCUT2D eigenvalue weighted by Crippen LogP contribution is -2.48. The number of amides is 1. The van der Waals surface area contributed by atoms with Gasteiger partial charge in [0.2, 0.25) is 0 Å². The molecule has 0 heterocycles. The number of ether oxygens (including phenoxy) is 2. The Kier molecular flexibility index (Phi) is 22.8. The number of para-hydroxylation sites is 2. The van der Waals surface area contributed by atoms with Gasteiger partial charge in [0.05, 0.1) is 32.3 Å². The maximum atomic E-state index is 15.9. The van der Waals surface area contributed by atoms with E-state index in [2.05, 4.69) is 65.8 Å². The third-order valence-electron chi connectivity index (χ3n) is 13.7. The Labute approximate surface area is 425 Å². The van der Waals surface area contributed by atoms with Crippen molar-refractivity contribution in [1.82, 2.24) is 4.44 Å². The molecule has 0 bridgehead atoms. The van der Waals surface area contributed by atoms with E-state index in [9.17, 15) is 26.3 Å². The number of hydrogen-bond acceptors (Lipinski definition) is 3. The zero-order valence-corrected chi connectivity index (χ0v) is 46.5. The number of hydrogen-bond donors (Lipinski definition) is 0. The van der Waals surface area contributed by atoms with E-state index < -0.39 is 62.4 Å². The summed E-state index contributed by atoms with van der Waals surface area (Å²) in [5, 5.41) is 3.89. The molecule has 0 saturated carbocycles. The summed E-state index contributed by atoms with van der Waals surface area (Å²) in [6.07, 6.45) is 2.76. The fourth-order valence-corrected chi connectivity index (χ4v) is 27.0. The van der Waals surface area contributed by atoms with Crippen molar-refractivity contribution < 1.29 is 40.6 Å². The van der Waals surface area contributed by atoms with Crippen molar-refractivity contribution in [3.05, 3.63) is 133 Å². The molecule has 0 saturated heterocycles. The highest BCUT2D eigenvalue weighted by molar-refractivity contribution is 7.85. The van der Waals surface area contributed by atoms with Crippen LogP contribution in [-0.4, -0.2) is 39.2 Å². The molecule has 0 N–H and O–H groups in total. The summed E-state index contributed by atoms with van der Waals surface area (Å²) in [7, 11) is -8.85. The molecule has 2 unspecified atom stereocenters. The van der Waals surface area contributed by atoms with Gasteiger partial charge >= 0.3 is 12.7 Å². The zero-order chi connectivity index (χ0) is 51.5. The van der Waals surface area contributed by atoms with Gasteiger partial charge in [0.25, 0.3) is 5.91 Å². The van der Waals surface area contributed by atoms with Crippen LogP contribution in [0, 0.1) is 0 Å². The van der Waals surface area contributed by atoms with Crippen LogP contribution in [0.5, 0.6) is 11.5 Å². The molecule has 0 fully saturated rings. The van der Waals surface area contributed by atoms with Crippen LogP contribution in [0.2, 0.25) is 36.3 Å². The number of benzene rings is 5. The van der Waals surface area contributed by atoms with Gasteiger partial charge in [0.15, 0.2) is 0 Å². The van der Waals surface area contributed by atoms with Crippen LogP contribution in [0.1, 0.15) is 129 Å². The standard InChI is InChI=1S/C57H75F6NO3P2Si2/c1-7-13-40-70(41-14-8-2,42-15-9-3)49-36-32-47(33-37-49)68(53-30-24-22-28-51(53)66-56(58,59)60)64(55(65)46-26-20-19-21-27-46)69(54-31-25-23-29-52(54)67-57(61,62)63)48-34-38-50(39-35-48)71(43-16-10-4,44-17-11-5)45-18-12-6/h19-39H,7-18,40-45H2,1-6H3. The summed E-state index contributed by atoms with van der Waals surface area (Å²) in [6, 6.07) is 43.4. The van der Waals surface area contributed by atoms with E-state index in [4.69, 9.17) is 9.47 Å². The van der Waals surface area contributed by atoms with Gasteiger partial charge in [0, 0.05) is 26.8 Å². The van der Waals surface area contributed by atoms with Gasteiger partial charge in [-0.25, -0.2) is 0 Å². The number of rotatable bonds is 29. The number of nitrogens with zero attached hydrogens (tertiary/aromatic N) is 1. The lowest BCUT2D eigenvalue weighted by atomic mass is 10.2. The van der Waals surface area contributed by atoms with Gasteiger partial charge in [-0.05, 0) is 36.4 Å². The molecule has 5 aromatic rings. The van der Waals surface area contributed by atoms with Crippen molar-refractivity contribution in [2.24, 2.45) is 0 Å². The molecule has 0 aliphatic carbocycles. The summed E-state index contributed by atoms with van der Waals surface area (Å²) in [4.78, 5) is 15.9. The van der Waals surface area contributed by atoms with Crippen molar-refractivity contribution in [1.29, 1.82) is 0 Å². The maximum absolute atomic E-state index is 15.9. The lowest BCUT2D eigenvalue weighted by molar-refractivity contribution is -0.275. The average molecular weight is 1050 g/mol. The molecule has 0 aliphatic heterocycles. The van der Waals surface area contributed by atoms with Crippen molar-refractivity contribution in [3.63, 3.8) is 0 Å². The number of carbonyl (C=O) groups excluding carboxylic acids is 1. The summed E-state index contributed by atoms with van der Waals surface area (Å²) >= 11 is 0. The maximum Gasteiger partial charge on any atom is 0.573 e.